The van der Waals surface area contributed by atoms with Crippen molar-refractivity contribution >= 4 is 6.03 Å². The molecule has 1 N–H and O–H groups in total. The number of likely N-dealkylation sites (tertiary alicyclic amines) is 1. The van der Waals surface area contributed by atoms with Gasteiger partial charge in [-0.05, 0) is 31.9 Å². The van der Waals surface area contributed by atoms with Crippen LogP contribution in [0.2, 0.25) is 0 Å². The van der Waals surface area contributed by atoms with Crippen molar-refractivity contribution in [3.05, 3.63) is 47.9 Å². The zero-order chi connectivity index (χ0) is 18.6. The molecule has 9 nitrogen and oxygen atoms in total. The number of hydrogen-bond donors (Lipinski definition) is 1. The van der Waals surface area contributed by atoms with Gasteiger partial charge in [-0.25, -0.2) is 4.79 Å². The van der Waals surface area contributed by atoms with Crippen molar-refractivity contribution in [2.24, 2.45) is 0 Å². The van der Waals surface area contributed by atoms with Crippen LogP contribution in [0.1, 0.15) is 36.1 Å². The number of rotatable bonds is 4. The molecule has 0 saturated carbocycles. The molecule has 3 aromatic heterocycles. The van der Waals surface area contributed by atoms with E-state index in [-0.39, 0.29) is 11.9 Å². The number of carbonyl (C=O) groups is 1. The molecule has 1 atom stereocenters. The number of nitrogens with zero attached hydrogens (tertiary/aromatic N) is 5. The number of nitrogens with one attached hydrogen (secondary N) is 1. The van der Waals surface area contributed by atoms with Crippen LogP contribution in [-0.2, 0) is 6.54 Å². The third kappa shape index (κ3) is 3.97. The van der Waals surface area contributed by atoms with Crippen LogP contribution in [0.3, 0.4) is 0 Å². The Kier molecular flexibility index (Phi) is 4.82. The van der Waals surface area contributed by atoms with Gasteiger partial charge in [0, 0.05) is 37.1 Å². The third-order valence-electron chi connectivity index (χ3n) is 4.51. The van der Waals surface area contributed by atoms with Gasteiger partial charge in [0.15, 0.2) is 5.76 Å². The summed E-state index contributed by atoms with van der Waals surface area (Å²) in [6, 6.07) is 5.37. The molecule has 0 spiro atoms. The zero-order valence-electron chi connectivity index (χ0n) is 15.0. The van der Waals surface area contributed by atoms with E-state index in [9.17, 15) is 4.79 Å². The summed E-state index contributed by atoms with van der Waals surface area (Å²) >= 11 is 0. The number of urea groups is 1. The first kappa shape index (κ1) is 17.2. The first-order valence-electron chi connectivity index (χ1n) is 8.88. The van der Waals surface area contributed by atoms with Crippen molar-refractivity contribution in [2.75, 3.05) is 13.1 Å². The first-order chi connectivity index (χ1) is 13.2. The van der Waals surface area contributed by atoms with E-state index in [4.69, 9.17) is 9.05 Å². The van der Waals surface area contributed by atoms with Gasteiger partial charge in [0.25, 0.3) is 0 Å². The average Bonchev–Trinajstić information content (AvgIpc) is 3.36. The zero-order valence-corrected chi connectivity index (χ0v) is 15.0. The maximum absolute atomic E-state index is 12.5. The van der Waals surface area contributed by atoms with Gasteiger partial charge in [-0.1, -0.05) is 10.3 Å². The van der Waals surface area contributed by atoms with E-state index in [0.717, 1.165) is 24.1 Å². The molecule has 0 aromatic carbocycles. The minimum Gasteiger partial charge on any atom is -0.359 e. The molecule has 1 aliphatic rings. The first-order valence-corrected chi connectivity index (χ1v) is 8.88. The summed E-state index contributed by atoms with van der Waals surface area (Å²) in [5, 5.41) is 10.7. The molecule has 2 amide bonds. The number of pyridine rings is 1. The lowest BCUT2D eigenvalue weighted by Gasteiger charge is -2.30. The second kappa shape index (κ2) is 7.56. The normalized spacial score (nSPS) is 17.1. The van der Waals surface area contributed by atoms with Gasteiger partial charge in [0.05, 0.1) is 18.2 Å². The molecule has 1 saturated heterocycles. The highest BCUT2D eigenvalue weighted by Gasteiger charge is 2.28. The van der Waals surface area contributed by atoms with E-state index >= 15 is 0 Å². The number of aryl methyl sites for hydroxylation is 1. The van der Waals surface area contributed by atoms with Crippen molar-refractivity contribution in [3.8, 4) is 11.4 Å². The molecule has 0 aliphatic carbocycles. The van der Waals surface area contributed by atoms with Crippen molar-refractivity contribution in [1.29, 1.82) is 0 Å². The molecule has 1 fully saturated rings. The molecule has 140 valence electrons. The highest BCUT2D eigenvalue weighted by molar-refractivity contribution is 5.74. The topological polar surface area (TPSA) is 110 Å². The molecular weight excluding hydrogens is 348 g/mol. The second-order valence-electron chi connectivity index (χ2n) is 6.58. The van der Waals surface area contributed by atoms with Crippen LogP contribution in [-0.4, -0.2) is 44.3 Å². The van der Waals surface area contributed by atoms with Crippen LogP contribution in [0.5, 0.6) is 0 Å². The number of aromatic nitrogens is 4. The Morgan fingerprint density at radius 3 is 3.07 bits per heavy atom. The SMILES string of the molecule is Cc1cc(CNC(=O)N2CCCC(c3nc(-c4cccnc4)no3)C2)on1. The number of carbonyl (C=O) groups excluding carboxylic acids is 1. The summed E-state index contributed by atoms with van der Waals surface area (Å²) in [5.41, 5.74) is 1.60. The molecule has 1 unspecified atom stereocenters. The maximum Gasteiger partial charge on any atom is 0.317 e. The molecule has 0 bridgehead atoms. The predicted molar refractivity (Wildman–Crippen MR) is 94.6 cm³/mol. The Morgan fingerprint density at radius 2 is 2.30 bits per heavy atom. The quantitative estimate of drug-likeness (QED) is 0.753. The van der Waals surface area contributed by atoms with Crippen LogP contribution in [0.25, 0.3) is 11.4 Å². The van der Waals surface area contributed by atoms with Crippen molar-refractivity contribution in [1.82, 2.24) is 30.5 Å². The van der Waals surface area contributed by atoms with Gasteiger partial charge in [-0.2, -0.15) is 4.98 Å². The lowest BCUT2D eigenvalue weighted by atomic mass is 9.98. The summed E-state index contributed by atoms with van der Waals surface area (Å²) in [6.45, 7) is 3.39. The summed E-state index contributed by atoms with van der Waals surface area (Å²) in [6.07, 6.45) is 5.17. The lowest BCUT2D eigenvalue weighted by molar-refractivity contribution is 0.170. The van der Waals surface area contributed by atoms with Gasteiger partial charge in [-0.3, -0.25) is 4.98 Å². The van der Waals surface area contributed by atoms with E-state index in [2.05, 4.69) is 25.6 Å². The van der Waals surface area contributed by atoms with Crippen molar-refractivity contribution < 1.29 is 13.8 Å². The highest BCUT2D eigenvalue weighted by atomic mass is 16.5. The summed E-state index contributed by atoms with van der Waals surface area (Å²) in [5.74, 6) is 1.72. The average molecular weight is 368 g/mol. The number of amides is 2. The monoisotopic (exact) mass is 368 g/mol. The maximum atomic E-state index is 12.5. The van der Waals surface area contributed by atoms with Crippen LogP contribution in [0.4, 0.5) is 4.79 Å². The van der Waals surface area contributed by atoms with Gasteiger partial charge < -0.3 is 19.3 Å². The molecule has 4 heterocycles. The lowest BCUT2D eigenvalue weighted by Crippen LogP contribution is -2.44. The Morgan fingerprint density at radius 1 is 1.37 bits per heavy atom. The van der Waals surface area contributed by atoms with Crippen molar-refractivity contribution in [2.45, 2.75) is 32.2 Å². The van der Waals surface area contributed by atoms with E-state index in [0.29, 0.717) is 37.1 Å². The van der Waals surface area contributed by atoms with Gasteiger partial charge in [-0.15, -0.1) is 0 Å². The Balaban J connectivity index is 1.38. The van der Waals surface area contributed by atoms with Crippen LogP contribution >= 0.6 is 0 Å². The fourth-order valence-electron chi connectivity index (χ4n) is 3.15. The Bertz CT molecular complexity index is 907. The largest absolute Gasteiger partial charge is 0.359 e. The van der Waals surface area contributed by atoms with E-state index in [1.165, 1.54) is 0 Å². The van der Waals surface area contributed by atoms with Gasteiger partial charge in [0.1, 0.15) is 0 Å². The van der Waals surface area contributed by atoms with Crippen LogP contribution in [0.15, 0.2) is 39.6 Å². The Labute approximate surface area is 155 Å². The van der Waals surface area contributed by atoms with Gasteiger partial charge >= 0.3 is 6.03 Å². The van der Waals surface area contributed by atoms with Crippen molar-refractivity contribution in [3.63, 3.8) is 0 Å². The van der Waals surface area contributed by atoms with E-state index in [1.54, 1.807) is 23.4 Å². The van der Waals surface area contributed by atoms with E-state index in [1.807, 2.05) is 19.1 Å². The number of piperidine rings is 1. The summed E-state index contributed by atoms with van der Waals surface area (Å²) in [7, 11) is 0. The minimum atomic E-state index is -0.138. The molecule has 27 heavy (non-hydrogen) atoms. The minimum absolute atomic E-state index is 0.0231. The predicted octanol–water partition coefficient (Wildman–Crippen LogP) is 2.52. The summed E-state index contributed by atoms with van der Waals surface area (Å²) in [4.78, 5) is 22.8. The molecule has 0 radical (unpaired) electrons. The smallest absolute Gasteiger partial charge is 0.317 e. The Hall–Kier alpha value is -3.23. The number of hydrogen-bond acceptors (Lipinski definition) is 7. The second-order valence-corrected chi connectivity index (χ2v) is 6.58. The van der Waals surface area contributed by atoms with Crippen LogP contribution < -0.4 is 5.32 Å². The molecule has 3 aromatic rings. The fraction of sp³-hybridized carbons (Fsp3) is 0.389. The summed E-state index contributed by atoms with van der Waals surface area (Å²) < 4.78 is 10.6. The van der Waals surface area contributed by atoms with Crippen LogP contribution in [0, 0.1) is 6.92 Å². The van der Waals surface area contributed by atoms with E-state index < -0.39 is 0 Å². The molecule has 1 aliphatic heterocycles. The highest BCUT2D eigenvalue weighted by Crippen LogP contribution is 2.27. The molecule has 9 heteroatoms. The molecular formula is C18H20N6O3. The van der Waals surface area contributed by atoms with Gasteiger partial charge in [0.2, 0.25) is 11.7 Å². The molecule has 4 rings (SSSR count). The standard InChI is InChI=1S/C18H20N6O3/c1-12-8-15(26-22-12)10-20-18(25)24-7-3-5-14(11-24)17-21-16(23-27-17)13-4-2-6-19-9-13/h2,4,6,8-9,14H,3,5,7,10-11H2,1H3,(H,20,25). The fourth-order valence-corrected chi connectivity index (χ4v) is 3.15. The third-order valence-corrected chi connectivity index (χ3v) is 4.51.